The first-order valence-corrected chi connectivity index (χ1v) is 15.7. The molecule has 234 valence electrons. The zero-order valence-electron chi connectivity index (χ0n) is 36.9. The fraction of sp³-hybridized carbons (Fsp3) is 0. The second-order valence-corrected chi connectivity index (χ2v) is 11.6. The van der Waals surface area contributed by atoms with Crippen molar-refractivity contribution in [1.29, 1.82) is 0 Å². The summed E-state index contributed by atoms with van der Waals surface area (Å²) in [6.45, 7) is 0. The van der Waals surface area contributed by atoms with Crippen molar-refractivity contribution in [2.75, 3.05) is 0 Å². The number of hydrogen-bond acceptors (Lipinski definition) is 5. The summed E-state index contributed by atoms with van der Waals surface area (Å²) < 4.78 is 108. The van der Waals surface area contributed by atoms with Crippen molar-refractivity contribution in [3.63, 3.8) is 0 Å². The van der Waals surface area contributed by atoms with Crippen LogP contribution in [0.4, 0.5) is 0 Å². The quantitative estimate of drug-likeness (QED) is 0.185. The molecule has 3 aromatic heterocycles. The van der Waals surface area contributed by atoms with Gasteiger partial charge in [-0.1, -0.05) is 127 Å². The van der Waals surface area contributed by atoms with Gasteiger partial charge >= 0.3 is 0 Å². The van der Waals surface area contributed by atoms with Crippen LogP contribution in [0, 0.1) is 0 Å². The zero-order chi connectivity index (χ0) is 42.6. The van der Waals surface area contributed by atoms with E-state index in [0.29, 0.717) is 22.3 Å². The summed E-state index contributed by atoms with van der Waals surface area (Å²) in [5.41, 5.74) is 2.68. The largest absolute Gasteiger partial charge is 0.456 e. The van der Waals surface area contributed by atoms with Gasteiger partial charge in [0, 0.05) is 38.2 Å². The maximum Gasteiger partial charge on any atom is 0.164 e. The van der Waals surface area contributed by atoms with E-state index in [2.05, 4.69) is 0 Å². The van der Waals surface area contributed by atoms with Crippen molar-refractivity contribution in [3.05, 3.63) is 164 Å². The van der Waals surface area contributed by atoms with Crippen molar-refractivity contribution in [1.82, 2.24) is 15.0 Å². The van der Waals surface area contributed by atoms with Gasteiger partial charge in [-0.2, -0.15) is 0 Å². The molecule has 0 saturated heterocycles. The van der Waals surface area contributed by atoms with Crippen LogP contribution in [0.5, 0.6) is 0 Å². The number of nitrogens with zero attached hydrogens (tertiary/aromatic N) is 3. The molecule has 0 aliphatic rings. The third-order valence-electron chi connectivity index (χ3n) is 8.57. The van der Waals surface area contributed by atoms with Gasteiger partial charge in [-0.15, -0.1) is 0 Å². The van der Waals surface area contributed by atoms with Gasteiger partial charge in [0.1, 0.15) is 22.3 Å². The Balaban J connectivity index is 1.26. The Hall–Kier alpha value is -6.85. The molecule has 0 atom stereocenters. The first kappa shape index (κ1) is 19.2. The summed E-state index contributed by atoms with van der Waals surface area (Å²) in [4.78, 5) is 14.6. The van der Waals surface area contributed by atoms with E-state index in [1.54, 1.807) is 6.07 Å². The van der Waals surface area contributed by atoms with E-state index in [-0.39, 0.29) is 45.0 Å². The Morgan fingerprint density at radius 1 is 0.400 bits per heavy atom. The van der Waals surface area contributed by atoms with Crippen molar-refractivity contribution in [2.24, 2.45) is 0 Å². The lowest BCUT2D eigenvalue weighted by Crippen LogP contribution is -2.00. The standard InChI is InChI=1S/C45H27N3O2/c1-3-10-28(11-4-1)30-18-20-31(21-19-30)43-46-44(33-23-24-35-34-14-7-8-16-38(34)49-40(35)27-33)48-45(47-43)37-15-9-17-39-42(37)36-25-22-32(26-41(36)50-39)29-12-5-2-6-13-29/h1-27H/i2D,5D,6D,9D,12D,13D,15D,17D,22D,25D,26D. The summed E-state index contributed by atoms with van der Waals surface area (Å²) in [5.74, 6) is 0.256. The van der Waals surface area contributed by atoms with Crippen LogP contribution in [0.2, 0.25) is 0 Å². The average Bonchev–Trinajstić information content (AvgIpc) is 3.87. The predicted molar refractivity (Wildman–Crippen MR) is 202 cm³/mol. The van der Waals surface area contributed by atoms with E-state index in [1.165, 1.54) is 0 Å². The van der Waals surface area contributed by atoms with E-state index in [0.717, 1.165) is 21.9 Å². The van der Waals surface area contributed by atoms with Crippen LogP contribution in [-0.4, -0.2) is 15.0 Å². The SMILES string of the molecule is [2H]c1c([2H])c([2H])c(-c2c([2H])c([2H])c3c(oc4c([2H])c([2H])c([2H])c(-c5nc(-c6ccc(-c7ccccc7)cc6)nc(-c6ccc7c(c6)oc6ccccc67)n5)c43)c2[2H])c([2H])c1[2H]. The molecule has 0 aliphatic heterocycles. The Bertz CT molecular complexity index is 3470. The first-order valence-electron chi connectivity index (χ1n) is 21.2. The molecule has 0 fully saturated rings. The van der Waals surface area contributed by atoms with Crippen LogP contribution >= 0.6 is 0 Å². The van der Waals surface area contributed by atoms with Gasteiger partial charge in [0.15, 0.2) is 17.5 Å². The molecular weight excluding hydrogens is 615 g/mol. The van der Waals surface area contributed by atoms with Gasteiger partial charge < -0.3 is 8.83 Å². The number of fused-ring (bicyclic) bond motifs is 6. The maximum atomic E-state index is 9.27. The molecule has 0 unspecified atom stereocenters. The van der Waals surface area contributed by atoms with Gasteiger partial charge in [-0.3, -0.25) is 0 Å². The fourth-order valence-electron chi connectivity index (χ4n) is 6.17. The molecule has 3 heterocycles. The molecular formula is C45H27N3O2. The highest BCUT2D eigenvalue weighted by Gasteiger charge is 2.19. The Labute approximate surface area is 302 Å². The molecule has 5 heteroatoms. The van der Waals surface area contributed by atoms with Crippen molar-refractivity contribution in [3.8, 4) is 56.4 Å². The number of rotatable bonds is 5. The molecule has 0 N–H and O–H groups in total. The highest BCUT2D eigenvalue weighted by atomic mass is 16.3. The molecule has 0 bridgehead atoms. The first-order chi connectivity index (χ1) is 29.3. The minimum absolute atomic E-state index is 0.0733. The summed E-state index contributed by atoms with van der Waals surface area (Å²) >= 11 is 0. The second kappa shape index (κ2) is 11.4. The van der Waals surface area contributed by atoms with Gasteiger partial charge in [-0.25, -0.2) is 15.0 Å². The molecule has 0 aliphatic carbocycles. The van der Waals surface area contributed by atoms with Gasteiger partial charge in [-0.05, 0) is 58.6 Å². The second-order valence-electron chi connectivity index (χ2n) is 11.6. The maximum absolute atomic E-state index is 9.27. The lowest BCUT2D eigenvalue weighted by atomic mass is 10.0. The number of furan rings is 2. The minimum Gasteiger partial charge on any atom is -0.456 e. The van der Waals surface area contributed by atoms with Crippen LogP contribution in [0.25, 0.3) is 100 Å². The number of aromatic nitrogens is 3. The van der Waals surface area contributed by atoms with E-state index >= 15 is 0 Å². The van der Waals surface area contributed by atoms with Crippen LogP contribution in [0.3, 0.4) is 0 Å². The number of benzene rings is 7. The highest BCUT2D eigenvalue weighted by molar-refractivity contribution is 6.12. The van der Waals surface area contributed by atoms with Gasteiger partial charge in [0.05, 0.1) is 15.1 Å². The third-order valence-corrected chi connectivity index (χ3v) is 8.57. The van der Waals surface area contributed by atoms with Crippen LogP contribution in [0.15, 0.2) is 172 Å². The van der Waals surface area contributed by atoms with E-state index in [4.69, 9.17) is 34.8 Å². The molecule has 0 saturated carbocycles. The van der Waals surface area contributed by atoms with Crippen molar-refractivity contribution in [2.45, 2.75) is 0 Å². The van der Waals surface area contributed by atoms with Crippen LogP contribution in [0.1, 0.15) is 15.1 Å². The lowest BCUT2D eigenvalue weighted by Gasteiger charge is -2.10. The summed E-state index contributed by atoms with van der Waals surface area (Å²) in [5, 5.41) is 1.56. The van der Waals surface area contributed by atoms with Crippen LogP contribution in [-0.2, 0) is 0 Å². The molecule has 10 rings (SSSR count). The molecule has 0 radical (unpaired) electrons. The average molecular weight is 653 g/mol. The molecule has 5 nitrogen and oxygen atoms in total. The Kier molecular flexibility index (Phi) is 4.38. The number of para-hydroxylation sites is 1. The molecule has 10 aromatic rings. The van der Waals surface area contributed by atoms with Crippen molar-refractivity contribution < 1.29 is 23.9 Å². The summed E-state index contributed by atoms with van der Waals surface area (Å²) in [7, 11) is 0. The van der Waals surface area contributed by atoms with Gasteiger partial charge in [0.25, 0.3) is 0 Å². The van der Waals surface area contributed by atoms with E-state index in [9.17, 15) is 4.11 Å². The lowest BCUT2D eigenvalue weighted by molar-refractivity contribution is 0.668. The smallest absolute Gasteiger partial charge is 0.164 e. The third kappa shape index (κ3) is 4.75. The number of hydrogen-bond donors (Lipinski definition) is 0. The topological polar surface area (TPSA) is 65.0 Å². The van der Waals surface area contributed by atoms with E-state index < -0.39 is 77.6 Å². The molecule has 0 spiro atoms. The van der Waals surface area contributed by atoms with Crippen LogP contribution < -0.4 is 0 Å². The molecule has 0 amide bonds. The molecule has 50 heavy (non-hydrogen) atoms. The fourth-order valence-corrected chi connectivity index (χ4v) is 6.17. The monoisotopic (exact) mass is 652 g/mol. The van der Waals surface area contributed by atoms with E-state index in [1.807, 2.05) is 91.0 Å². The van der Waals surface area contributed by atoms with Gasteiger partial charge in [0.2, 0.25) is 0 Å². The summed E-state index contributed by atoms with van der Waals surface area (Å²) in [6, 6.07) is 23.8. The minimum atomic E-state index is -0.685. The summed E-state index contributed by atoms with van der Waals surface area (Å²) in [6.07, 6.45) is 0. The predicted octanol–water partition coefficient (Wildman–Crippen LogP) is 12.0. The van der Waals surface area contributed by atoms with Crippen molar-refractivity contribution >= 4 is 43.9 Å². The Morgan fingerprint density at radius 2 is 1.08 bits per heavy atom. The normalized spacial score (nSPS) is 14.7. The highest BCUT2D eigenvalue weighted by Crippen LogP contribution is 2.39. The Morgan fingerprint density at radius 3 is 1.94 bits per heavy atom. The molecule has 7 aromatic carbocycles. The zero-order valence-corrected chi connectivity index (χ0v) is 25.9.